The van der Waals surface area contributed by atoms with Crippen LogP contribution in [0.2, 0.25) is 0 Å². The highest BCUT2D eigenvalue weighted by Gasteiger charge is 2.50. The van der Waals surface area contributed by atoms with E-state index in [0.29, 0.717) is 11.6 Å². The van der Waals surface area contributed by atoms with Gasteiger partial charge in [-0.3, -0.25) is 4.79 Å². The number of benzene rings is 1. The lowest BCUT2D eigenvalue weighted by Crippen LogP contribution is -2.69. The van der Waals surface area contributed by atoms with Gasteiger partial charge in [0.05, 0.1) is 17.8 Å². The molecule has 1 saturated carbocycles. The van der Waals surface area contributed by atoms with Crippen LogP contribution < -0.4 is 16.8 Å². The maximum absolute atomic E-state index is 13.9. The van der Waals surface area contributed by atoms with Crippen molar-refractivity contribution in [1.82, 2.24) is 0 Å². The quantitative estimate of drug-likeness (QED) is 0.764. The number of nitrogens with one attached hydrogen (secondary N) is 1. The van der Waals surface area contributed by atoms with Gasteiger partial charge >= 0.3 is 0 Å². The van der Waals surface area contributed by atoms with Gasteiger partial charge in [0.1, 0.15) is 5.82 Å². The third-order valence-corrected chi connectivity index (χ3v) is 4.25. The van der Waals surface area contributed by atoms with Crippen LogP contribution >= 0.6 is 0 Å². The van der Waals surface area contributed by atoms with Crippen LogP contribution in [0.4, 0.5) is 10.1 Å². The molecule has 1 amide bonds. The van der Waals surface area contributed by atoms with Gasteiger partial charge in [0.25, 0.3) is 0 Å². The number of nitrogens with two attached hydrogens (primary N) is 2. The predicted octanol–water partition coefficient (Wildman–Crippen LogP) is 0.841. The first-order valence-corrected chi connectivity index (χ1v) is 6.81. The van der Waals surface area contributed by atoms with E-state index in [9.17, 15) is 9.18 Å². The zero-order valence-corrected chi connectivity index (χ0v) is 11.0. The van der Waals surface area contributed by atoms with Crippen molar-refractivity contribution in [3.05, 3.63) is 29.6 Å². The van der Waals surface area contributed by atoms with Crippen LogP contribution in [-0.4, -0.2) is 30.7 Å². The summed E-state index contributed by atoms with van der Waals surface area (Å²) in [6.07, 6.45) is 2.14. The van der Waals surface area contributed by atoms with Gasteiger partial charge < -0.3 is 21.5 Å². The van der Waals surface area contributed by atoms with E-state index in [1.807, 2.05) is 0 Å². The van der Waals surface area contributed by atoms with Crippen molar-refractivity contribution in [3.8, 4) is 0 Å². The zero-order valence-electron chi connectivity index (χ0n) is 11.0. The lowest BCUT2D eigenvalue weighted by Gasteiger charge is -2.52. The van der Waals surface area contributed by atoms with E-state index in [1.165, 1.54) is 12.1 Å². The minimum absolute atomic E-state index is 0.0319. The molecule has 1 aliphatic carbocycles. The summed E-state index contributed by atoms with van der Waals surface area (Å²) in [5, 5.41) is 3.08. The Balaban J connectivity index is 1.73. The van der Waals surface area contributed by atoms with Crippen molar-refractivity contribution in [3.63, 3.8) is 0 Å². The molecule has 2 fully saturated rings. The van der Waals surface area contributed by atoms with Gasteiger partial charge in [0, 0.05) is 24.1 Å². The number of hydrogen-bond acceptors (Lipinski definition) is 4. The highest BCUT2D eigenvalue weighted by Crippen LogP contribution is 2.38. The normalized spacial score (nSPS) is 32.1. The monoisotopic (exact) mass is 279 g/mol. The molecule has 0 aromatic heterocycles. The SMILES string of the molecule is NC(=O)c1ccc(NC2C(N)C3CCCOC32)c(F)c1. The fourth-order valence-electron chi connectivity index (χ4n) is 3.09. The molecule has 1 aliphatic heterocycles. The van der Waals surface area contributed by atoms with Crippen molar-refractivity contribution in [2.24, 2.45) is 17.4 Å². The fourth-order valence-corrected chi connectivity index (χ4v) is 3.09. The molecular weight excluding hydrogens is 261 g/mol. The smallest absolute Gasteiger partial charge is 0.248 e. The largest absolute Gasteiger partial charge is 0.376 e. The first-order valence-electron chi connectivity index (χ1n) is 6.81. The second-order valence-corrected chi connectivity index (χ2v) is 5.45. The van der Waals surface area contributed by atoms with Gasteiger partial charge in [-0.25, -0.2) is 4.39 Å². The van der Waals surface area contributed by atoms with Crippen LogP contribution in [0.15, 0.2) is 18.2 Å². The molecule has 0 radical (unpaired) electrons. The van der Waals surface area contributed by atoms with E-state index in [1.54, 1.807) is 0 Å². The third-order valence-electron chi connectivity index (χ3n) is 4.25. The van der Waals surface area contributed by atoms with E-state index in [4.69, 9.17) is 16.2 Å². The maximum Gasteiger partial charge on any atom is 0.248 e. The molecule has 4 unspecified atom stereocenters. The number of hydrogen-bond donors (Lipinski definition) is 3. The Bertz CT molecular complexity index is 537. The summed E-state index contributed by atoms with van der Waals surface area (Å²) in [6.45, 7) is 0.731. The van der Waals surface area contributed by atoms with E-state index in [0.717, 1.165) is 25.5 Å². The number of primary amides is 1. The standard InChI is InChI=1S/C14H18FN3O2/c15-9-6-7(14(17)19)3-4-10(9)18-12-11(16)8-2-1-5-20-13(8)12/h3-4,6,8,11-13,18H,1-2,5,16H2,(H2,17,19). The van der Waals surface area contributed by atoms with Crippen LogP contribution in [0.25, 0.3) is 0 Å². The van der Waals surface area contributed by atoms with Crippen LogP contribution in [-0.2, 0) is 4.74 Å². The van der Waals surface area contributed by atoms with Crippen LogP contribution in [0, 0.1) is 11.7 Å². The summed E-state index contributed by atoms with van der Waals surface area (Å²) in [5.74, 6) is -0.798. The number of ether oxygens (including phenoxy) is 1. The molecule has 20 heavy (non-hydrogen) atoms. The summed E-state index contributed by atoms with van der Waals surface area (Å²) >= 11 is 0. The van der Waals surface area contributed by atoms with Gasteiger partial charge in [0.2, 0.25) is 5.91 Å². The van der Waals surface area contributed by atoms with Gasteiger partial charge in [-0.15, -0.1) is 0 Å². The van der Waals surface area contributed by atoms with Crippen molar-refractivity contribution >= 4 is 11.6 Å². The summed E-state index contributed by atoms with van der Waals surface area (Å²) in [4.78, 5) is 11.0. The van der Waals surface area contributed by atoms with Crippen LogP contribution in [0.1, 0.15) is 23.2 Å². The lowest BCUT2D eigenvalue weighted by atomic mass is 9.68. The molecule has 0 spiro atoms. The van der Waals surface area contributed by atoms with E-state index < -0.39 is 11.7 Å². The minimum atomic E-state index is -0.647. The average Bonchev–Trinajstić information content (AvgIpc) is 2.45. The number of carbonyl (C=O) groups is 1. The fraction of sp³-hybridized carbons (Fsp3) is 0.500. The zero-order chi connectivity index (χ0) is 14.3. The molecule has 5 nitrogen and oxygen atoms in total. The van der Waals surface area contributed by atoms with E-state index in [2.05, 4.69) is 5.32 Å². The Hall–Kier alpha value is -1.66. The number of rotatable bonds is 3. The molecule has 1 heterocycles. The third kappa shape index (κ3) is 2.14. The Morgan fingerprint density at radius 3 is 2.95 bits per heavy atom. The number of fused-ring (bicyclic) bond motifs is 1. The molecule has 1 saturated heterocycles. The molecule has 1 aromatic carbocycles. The maximum atomic E-state index is 13.9. The van der Waals surface area contributed by atoms with Crippen LogP contribution in [0.5, 0.6) is 0 Å². The Morgan fingerprint density at radius 1 is 1.45 bits per heavy atom. The van der Waals surface area contributed by atoms with Crippen molar-refractivity contribution in [2.75, 3.05) is 11.9 Å². The Morgan fingerprint density at radius 2 is 2.25 bits per heavy atom. The summed E-state index contributed by atoms with van der Waals surface area (Å²) in [5.41, 5.74) is 11.7. The number of amides is 1. The number of anilines is 1. The highest BCUT2D eigenvalue weighted by molar-refractivity contribution is 5.93. The number of halogens is 1. The second kappa shape index (κ2) is 5.03. The molecule has 1 aromatic rings. The van der Waals surface area contributed by atoms with E-state index >= 15 is 0 Å². The molecule has 108 valence electrons. The van der Waals surface area contributed by atoms with Gasteiger partial charge in [-0.05, 0) is 31.0 Å². The molecule has 4 atom stereocenters. The first kappa shape index (κ1) is 13.3. The van der Waals surface area contributed by atoms with Crippen LogP contribution in [0.3, 0.4) is 0 Å². The summed E-state index contributed by atoms with van der Waals surface area (Å²) in [7, 11) is 0. The average molecular weight is 279 g/mol. The topological polar surface area (TPSA) is 90.4 Å². The first-order chi connectivity index (χ1) is 9.58. The van der Waals surface area contributed by atoms with Crippen molar-refractivity contribution < 1.29 is 13.9 Å². The van der Waals surface area contributed by atoms with Crippen molar-refractivity contribution in [2.45, 2.75) is 31.0 Å². The molecule has 0 bridgehead atoms. The number of carbonyl (C=O) groups excluding carboxylic acids is 1. The molecule has 2 aliphatic rings. The van der Waals surface area contributed by atoms with Gasteiger partial charge in [-0.2, -0.15) is 0 Å². The van der Waals surface area contributed by atoms with Crippen molar-refractivity contribution in [1.29, 1.82) is 0 Å². The van der Waals surface area contributed by atoms with Gasteiger partial charge in [-0.1, -0.05) is 0 Å². The predicted molar refractivity (Wildman–Crippen MR) is 72.8 cm³/mol. The molecular formula is C14H18FN3O2. The lowest BCUT2D eigenvalue weighted by molar-refractivity contribution is -0.104. The molecule has 3 rings (SSSR count). The Kier molecular flexibility index (Phi) is 3.35. The molecule has 5 N–H and O–H groups in total. The second-order valence-electron chi connectivity index (χ2n) is 5.45. The molecule has 6 heteroatoms. The summed E-state index contributed by atoms with van der Waals surface area (Å²) in [6, 6.07) is 4.02. The Labute approximate surface area is 116 Å². The summed E-state index contributed by atoms with van der Waals surface area (Å²) < 4.78 is 19.6. The van der Waals surface area contributed by atoms with Gasteiger partial charge in [0.15, 0.2) is 0 Å². The highest BCUT2D eigenvalue weighted by atomic mass is 19.1. The minimum Gasteiger partial charge on any atom is -0.376 e. The van der Waals surface area contributed by atoms with E-state index in [-0.39, 0.29) is 23.8 Å².